The normalized spacial score (nSPS) is 10.9. The smallest absolute Gasteiger partial charge is 0.170 e. The predicted octanol–water partition coefficient (Wildman–Crippen LogP) is 4.58. The molecule has 0 saturated heterocycles. The van der Waals surface area contributed by atoms with Gasteiger partial charge in [0.1, 0.15) is 0 Å². The number of nitrogens with one attached hydrogen (secondary N) is 2. The van der Waals surface area contributed by atoms with Crippen LogP contribution in [0, 0.1) is 0 Å². The van der Waals surface area contributed by atoms with Crippen molar-refractivity contribution in [2.75, 3.05) is 5.32 Å². The van der Waals surface area contributed by atoms with Gasteiger partial charge in [0.25, 0.3) is 0 Å². The van der Waals surface area contributed by atoms with Gasteiger partial charge in [0.2, 0.25) is 0 Å². The van der Waals surface area contributed by atoms with E-state index < -0.39 is 0 Å². The highest BCUT2D eigenvalue weighted by atomic mass is 32.1. The van der Waals surface area contributed by atoms with Crippen LogP contribution in [0.15, 0.2) is 48.5 Å². The maximum atomic E-state index is 5.26. The Kier molecular flexibility index (Phi) is 4.88. The maximum absolute atomic E-state index is 5.26. The SMILES string of the molecule is CC(C)NC(=S)Nc1ccc(Cc2nc3ccccc3s2)cc1. The first-order valence-electron chi connectivity index (χ1n) is 7.61. The third kappa shape index (κ3) is 4.27. The van der Waals surface area contributed by atoms with E-state index in [0.717, 1.165) is 22.6 Å². The van der Waals surface area contributed by atoms with Crippen LogP contribution in [0.3, 0.4) is 0 Å². The number of rotatable bonds is 4. The molecule has 2 aromatic carbocycles. The first-order valence-corrected chi connectivity index (χ1v) is 8.83. The Morgan fingerprint density at radius 3 is 2.57 bits per heavy atom. The van der Waals surface area contributed by atoms with Crippen LogP contribution < -0.4 is 10.6 Å². The summed E-state index contributed by atoms with van der Waals surface area (Å²) < 4.78 is 1.24. The molecule has 0 saturated carbocycles. The van der Waals surface area contributed by atoms with Crippen LogP contribution in [0.5, 0.6) is 0 Å². The summed E-state index contributed by atoms with van der Waals surface area (Å²) in [7, 11) is 0. The molecule has 3 nitrogen and oxygen atoms in total. The number of aromatic nitrogens is 1. The molecule has 0 aliphatic carbocycles. The Hall–Kier alpha value is -1.98. The zero-order valence-corrected chi connectivity index (χ0v) is 14.8. The number of fused-ring (bicyclic) bond motifs is 1. The summed E-state index contributed by atoms with van der Waals surface area (Å²) >= 11 is 7.01. The van der Waals surface area contributed by atoms with E-state index in [-0.39, 0.29) is 0 Å². The number of thiazole rings is 1. The predicted molar refractivity (Wildman–Crippen MR) is 103 cm³/mol. The Bertz CT molecular complexity index is 774. The van der Waals surface area contributed by atoms with Crippen molar-refractivity contribution in [2.24, 2.45) is 0 Å². The van der Waals surface area contributed by atoms with Crippen LogP contribution in [0.25, 0.3) is 10.2 Å². The van der Waals surface area contributed by atoms with E-state index in [1.54, 1.807) is 11.3 Å². The van der Waals surface area contributed by atoms with Gasteiger partial charge in [-0.15, -0.1) is 11.3 Å². The van der Waals surface area contributed by atoms with Gasteiger partial charge < -0.3 is 10.6 Å². The van der Waals surface area contributed by atoms with Crippen molar-refractivity contribution < 1.29 is 0 Å². The molecule has 0 radical (unpaired) electrons. The number of nitrogens with zero attached hydrogens (tertiary/aromatic N) is 1. The summed E-state index contributed by atoms with van der Waals surface area (Å²) in [5, 5.41) is 8.16. The topological polar surface area (TPSA) is 37.0 Å². The second-order valence-electron chi connectivity index (χ2n) is 5.70. The zero-order valence-electron chi connectivity index (χ0n) is 13.2. The zero-order chi connectivity index (χ0) is 16.2. The van der Waals surface area contributed by atoms with Crippen molar-refractivity contribution in [3.8, 4) is 0 Å². The van der Waals surface area contributed by atoms with Crippen molar-refractivity contribution in [2.45, 2.75) is 26.3 Å². The van der Waals surface area contributed by atoms with E-state index in [0.29, 0.717) is 11.2 Å². The van der Waals surface area contributed by atoms with Crippen LogP contribution in [0.2, 0.25) is 0 Å². The average molecular weight is 342 g/mol. The lowest BCUT2D eigenvalue weighted by Crippen LogP contribution is -2.33. The second-order valence-corrected chi connectivity index (χ2v) is 7.23. The Morgan fingerprint density at radius 1 is 1.13 bits per heavy atom. The van der Waals surface area contributed by atoms with Crippen LogP contribution in [-0.2, 0) is 6.42 Å². The molecule has 1 aromatic heterocycles. The molecule has 0 aliphatic rings. The largest absolute Gasteiger partial charge is 0.360 e. The molecule has 5 heteroatoms. The molecule has 0 unspecified atom stereocenters. The van der Waals surface area contributed by atoms with Crippen LogP contribution in [-0.4, -0.2) is 16.1 Å². The molecule has 23 heavy (non-hydrogen) atoms. The first kappa shape index (κ1) is 15.9. The van der Waals surface area contributed by atoms with E-state index in [2.05, 4.69) is 71.9 Å². The summed E-state index contributed by atoms with van der Waals surface area (Å²) in [6.45, 7) is 4.13. The Balaban J connectivity index is 1.66. The van der Waals surface area contributed by atoms with E-state index in [9.17, 15) is 0 Å². The second kappa shape index (κ2) is 7.06. The molecular formula is C18H19N3S2. The van der Waals surface area contributed by atoms with Crippen LogP contribution in [0.1, 0.15) is 24.4 Å². The molecule has 3 rings (SSSR count). The molecule has 0 amide bonds. The van der Waals surface area contributed by atoms with Gasteiger partial charge in [-0.25, -0.2) is 4.98 Å². The number of hydrogen-bond donors (Lipinski definition) is 2. The van der Waals surface area contributed by atoms with E-state index >= 15 is 0 Å². The van der Waals surface area contributed by atoms with Gasteiger partial charge in [-0.3, -0.25) is 0 Å². The van der Waals surface area contributed by atoms with Crippen molar-refractivity contribution in [3.63, 3.8) is 0 Å². The van der Waals surface area contributed by atoms with E-state index in [4.69, 9.17) is 12.2 Å². The lowest BCUT2D eigenvalue weighted by atomic mass is 10.1. The minimum Gasteiger partial charge on any atom is -0.360 e. The van der Waals surface area contributed by atoms with Gasteiger partial charge in [-0.05, 0) is 55.9 Å². The Morgan fingerprint density at radius 2 is 1.87 bits per heavy atom. The van der Waals surface area contributed by atoms with Gasteiger partial charge in [0.05, 0.1) is 15.2 Å². The van der Waals surface area contributed by atoms with Crippen molar-refractivity contribution in [1.29, 1.82) is 0 Å². The lowest BCUT2D eigenvalue weighted by Gasteiger charge is -2.13. The molecule has 118 valence electrons. The molecular weight excluding hydrogens is 322 g/mol. The van der Waals surface area contributed by atoms with Gasteiger partial charge in [0, 0.05) is 18.2 Å². The number of para-hydroxylation sites is 1. The summed E-state index contributed by atoms with van der Waals surface area (Å²) in [6, 6.07) is 16.9. The van der Waals surface area contributed by atoms with Crippen LogP contribution in [0.4, 0.5) is 5.69 Å². The summed E-state index contributed by atoms with van der Waals surface area (Å²) in [4.78, 5) is 4.68. The lowest BCUT2D eigenvalue weighted by molar-refractivity contribution is 0.739. The van der Waals surface area contributed by atoms with Crippen LogP contribution >= 0.6 is 23.6 Å². The molecule has 0 fully saturated rings. The highest BCUT2D eigenvalue weighted by Crippen LogP contribution is 2.24. The highest BCUT2D eigenvalue weighted by molar-refractivity contribution is 7.80. The first-order chi connectivity index (χ1) is 11.1. The van der Waals surface area contributed by atoms with Gasteiger partial charge in [-0.1, -0.05) is 24.3 Å². The van der Waals surface area contributed by atoms with E-state index in [1.807, 2.05) is 6.07 Å². The maximum Gasteiger partial charge on any atom is 0.170 e. The molecule has 0 spiro atoms. The van der Waals surface area contributed by atoms with Crippen molar-refractivity contribution in [3.05, 3.63) is 59.1 Å². The van der Waals surface area contributed by atoms with Gasteiger partial charge in [-0.2, -0.15) is 0 Å². The third-order valence-corrected chi connectivity index (χ3v) is 4.58. The minimum atomic E-state index is 0.327. The minimum absolute atomic E-state index is 0.327. The summed E-state index contributed by atoms with van der Waals surface area (Å²) in [5.74, 6) is 0. The highest BCUT2D eigenvalue weighted by Gasteiger charge is 2.05. The van der Waals surface area contributed by atoms with E-state index in [1.165, 1.54) is 10.3 Å². The molecule has 3 aromatic rings. The summed E-state index contributed by atoms with van der Waals surface area (Å²) in [6.07, 6.45) is 0.855. The monoisotopic (exact) mass is 341 g/mol. The molecule has 0 aliphatic heterocycles. The number of benzene rings is 2. The summed E-state index contributed by atoms with van der Waals surface area (Å²) in [5.41, 5.74) is 3.32. The standard InChI is InChI=1S/C18H19N3S2/c1-12(2)19-18(22)20-14-9-7-13(8-10-14)11-17-21-15-5-3-4-6-16(15)23-17/h3-10,12H,11H2,1-2H3,(H2,19,20,22). The number of thiocarbonyl (C=S) groups is 1. The average Bonchev–Trinajstić information content (AvgIpc) is 2.90. The molecule has 0 bridgehead atoms. The quantitative estimate of drug-likeness (QED) is 0.681. The van der Waals surface area contributed by atoms with Gasteiger partial charge >= 0.3 is 0 Å². The molecule has 1 heterocycles. The fourth-order valence-corrected chi connectivity index (χ4v) is 3.66. The van der Waals surface area contributed by atoms with Crippen molar-refractivity contribution in [1.82, 2.24) is 10.3 Å². The van der Waals surface area contributed by atoms with Gasteiger partial charge in [0.15, 0.2) is 5.11 Å². The fraction of sp³-hybridized carbons (Fsp3) is 0.222. The van der Waals surface area contributed by atoms with Crippen molar-refractivity contribution >= 4 is 44.6 Å². The number of hydrogen-bond acceptors (Lipinski definition) is 3. The molecule has 2 N–H and O–H groups in total. The Labute approximate surface area is 145 Å². The molecule has 0 atom stereocenters. The fourth-order valence-electron chi connectivity index (χ4n) is 2.31. The number of anilines is 1. The third-order valence-electron chi connectivity index (χ3n) is 3.33.